The number of methoxy groups -OCH3 is 1. The number of Topliss-reactive ketones (excluding diaryl/α,β-unsaturated/α-hetero) is 1. The Balaban J connectivity index is 2.17. The lowest BCUT2D eigenvalue weighted by Gasteiger charge is -2.49. The van der Waals surface area contributed by atoms with Gasteiger partial charge in [-0.1, -0.05) is 27.7 Å². The lowest BCUT2D eigenvalue weighted by Crippen LogP contribution is -2.71. The van der Waals surface area contributed by atoms with Crippen molar-refractivity contribution >= 4 is 69.8 Å². The van der Waals surface area contributed by atoms with Crippen LogP contribution in [0.1, 0.15) is 20.8 Å². The average molecular weight is 627 g/mol. The van der Waals surface area contributed by atoms with Gasteiger partial charge < -0.3 is 29.1 Å². The van der Waals surface area contributed by atoms with Gasteiger partial charge in [0.25, 0.3) is 11.8 Å². The molecule has 2 unspecified atom stereocenters. The van der Waals surface area contributed by atoms with E-state index in [1.165, 1.54) is 37.8 Å². The predicted molar refractivity (Wildman–Crippen MR) is 131 cm³/mol. The summed E-state index contributed by atoms with van der Waals surface area (Å²) >= 11 is 3.07. The zero-order valence-electron chi connectivity index (χ0n) is 19.7. The van der Waals surface area contributed by atoms with Gasteiger partial charge in [-0.05, 0) is 19.4 Å². The van der Waals surface area contributed by atoms with E-state index < -0.39 is 59.2 Å². The summed E-state index contributed by atoms with van der Waals surface area (Å²) in [5, 5.41) is 5.29. The van der Waals surface area contributed by atoms with Crippen LogP contribution in [-0.2, 0) is 43.0 Å². The molecule has 13 nitrogen and oxygen atoms in total. The highest BCUT2D eigenvalue weighted by Crippen LogP contribution is 2.40. The molecule has 35 heavy (non-hydrogen) atoms. The number of amides is 2. The first-order valence-electron chi connectivity index (χ1n) is 10.3. The van der Waals surface area contributed by atoms with Crippen molar-refractivity contribution in [2.75, 3.05) is 31.0 Å². The van der Waals surface area contributed by atoms with E-state index in [1.807, 2.05) is 0 Å². The number of ketones is 1. The zero-order chi connectivity index (χ0) is 26.3. The molecule has 2 aliphatic rings. The van der Waals surface area contributed by atoms with Crippen molar-refractivity contribution in [1.29, 1.82) is 0 Å². The number of nitrogens with zero attached hydrogens (tertiary/aromatic N) is 2. The SMILES string of the molecule is COCC1=C(C(=O)OC(C)OC(=O)OC(C)C)N2C(=O)C(NC(=O)C(=NOC)C(=O)CI)[C@@H]2SC1. The van der Waals surface area contributed by atoms with Gasteiger partial charge in [0.1, 0.15) is 24.2 Å². The van der Waals surface area contributed by atoms with Crippen LogP contribution in [0.15, 0.2) is 16.4 Å². The van der Waals surface area contributed by atoms with E-state index >= 15 is 0 Å². The monoisotopic (exact) mass is 627 g/mol. The van der Waals surface area contributed by atoms with Crippen molar-refractivity contribution in [3.8, 4) is 0 Å². The van der Waals surface area contributed by atoms with Gasteiger partial charge in [-0.15, -0.1) is 11.8 Å². The van der Waals surface area contributed by atoms with E-state index in [0.717, 1.165) is 0 Å². The Hall–Kier alpha value is -2.40. The van der Waals surface area contributed by atoms with Gasteiger partial charge in [-0.2, -0.15) is 0 Å². The first kappa shape index (κ1) is 28.8. The third-order valence-corrected chi connectivity index (χ3v) is 6.53. The van der Waals surface area contributed by atoms with Crippen molar-refractivity contribution in [3.63, 3.8) is 0 Å². The number of alkyl halides is 1. The van der Waals surface area contributed by atoms with Gasteiger partial charge in [0.2, 0.25) is 12.0 Å². The molecule has 0 aliphatic carbocycles. The molecule has 1 saturated heterocycles. The summed E-state index contributed by atoms with van der Waals surface area (Å²) in [4.78, 5) is 67.8. The zero-order valence-corrected chi connectivity index (χ0v) is 22.7. The Morgan fingerprint density at radius 2 is 1.86 bits per heavy atom. The number of thioether (sulfide) groups is 1. The fourth-order valence-electron chi connectivity index (χ4n) is 3.13. The highest BCUT2D eigenvalue weighted by atomic mass is 127. The molecule has 2 aliphatic heterocycles. The number of rotatable bonds is 11. The third kappa shape index (κ3) is 7.07. The second-order valence-electron chi connectivity index (χ2n) is 7.43. The number of fused-ring (bicyclic) bond motifs is 1. The predicted octanol–water partition coefficient (Wildman–Crippen LogP) is 0.744. The van der Waals surface area contributed by atoms with E-state index in [0.29, 0.717) is 11.3 Å². The number of carbonyl (C=O) groups is 5. The molecule has 0 aromatic rings. The van der Waals surface area contributed by atoms with E-state index in [4.69, 9.17) is 18.9 Å². The molecule has 0 aromatic heterocycles. The maximum atomic E-state index is 13.0. The number of halogens is 1. The lowest BCUT2D eigenvalue weighted by molar-refractivity contribution is -0.169. The molecule has 3 atom stereocenters. The summed E-state index contributed by atoms with van der Waals surface area (Å²) in [7, 11) is 2.62. The van der Waals surface area contributed by atoms with E-state index in [9.17, 15) is 24.0 Å². The minimum absolute atomic E-state index is 0.0135. The number of oxime groups is 1. The molecule has 0 saturated carbocycles. The topological polar surface area (TPSA) is 159 Å². The van der Waals surface area contributed by atoms with Crippen LogP contribution >= 0.6 is 34.4 Å². The summed E-state index contributed by atoms with van der Waals surface area (Å²) in [6, 6.07) is -1.02. The highest BCUT2D eigenvalue weighted by Gasteiger charge is 2.55. The molecule has 0 bridgehead atoms. The van der Waals surface area contributed by atoms with Gasteiger partial charge in [-0.25, -0.2) is 9.59 Å². The normalized spacial score (nSPS) is 20.5. The number of hydrogen-bond acceptors (Lipinski definition) is 12. The summed E-state index contributed by atoms with van der Waals surface area (Å²) < 4.78 is 20.1. The third-order valence-electron chi connectivity index (χ3n) is 4.50. The summed E-state index contributed by atoms with van der Waals surface area (Å²) in [6.45, 7) is 4.63. The molecule has 15 heteroatoms. The number of ether oxygens (including phenoxy) is 4. The molecular weight excluding hydrogens is 601 g/mol. The minimum Gasteiger partial charge on any atom is -0.431 e. The number of β-lactam (4-membered cyclic amide) rings is 1. The van der Waals surface area contributed by atoms with Crippen molar-refractivity contribution in [2.24, 2.45) is 5.16 Å². The second kappa shape index (κ2) is 13.1. The van der Waals surface area contributed by atoms with Gasteiger partial charge in [0, 0.05) is 19.8 Å². The van der Waals surface area contributed by atoms with Crippen LogP contribution in [0.3, 0.4) is 0 Å². The molecule has 2 heterocycles. The van der Waals surface area contributed by atoms with Crippen molar-refractivity contribution in [2.45, 2.75) is 44.6 Å². The second-order valence-corrected chi connectivity index (χ2v) is 9.30. The van der Waals surface area contributed by atoms with Crippen LogP contribution in [0.4, 0.5) is 4.79 Å². The van der Waals surface area contributed by atoms with E-state index in [2.05, 4.69) is 15.3 Å². The molecule has 2 amide bonds. The van der Waals surface area contributed by atoms with Crippen LogP contribution in [-0.4, -0.2) is 95.2 Å². The number of carbonyl (C=O) groups excluding carboxylic acids is 5. The van der Waals surface area contributed by atoms with E-state index in [1.54, 1.807) is 36.4 Å². The molecule has 1 fully saturated rings. The van der Waals surface area contributed by atoms with Crippen LogP contribution < -0.4 is 5.32 Å². The first-order valence-corrected chi connectivity index (χ1v) is 12.9. The molecule has 0 spiro atoms. The summed E-state index contributed by atoms with van der Waals surface area (Å²) in [5.41, 5.74) is -0.0491. The molecular formula is C20H26IN3O10S. The van der Waals surface area contributed by atoms with Crippen LogP contribution in [0.2, 0.25) is 0 Å². The van der Waals surface area contributed by atoms with Gasteiger partial charge in [-0.3, -0.25) is 19.3 Å². The fourth-order valence-corrected chi connectivity index (χ4v) is 4.82. The average Bonchev–Trinajstić information content (AvgIpc) is 2.79. The highest BCUT2D eigenvalue weighted by molar-refractivity contribution is 14.1. The first-order chi connectivity index (χ1) is 16.5. The van der Waals surface area contributed by atoms with Gasteiger partial charge >= 0.3 is 12.1 Å². The van der Waals surface area contributed by atoms with Crippen LogP contribution in [0, 0.1) is 0 Å². The van der Waals surface area contributed by atoms with Crippen molar-refractivity contribution < 1.29 is 47.8 Å². The van der Waals surface area contributed by atoms with Gasteiger partial charge in [0.05, 0.1) is 17.1 Å². The fraction of sp³-hybridized carbons (Fsp3) is 0.600. The molecule has 2 rings (SSSR count). The van der Waals surface area contributed by atoms with Gasteiger partial charge in [0.15, 0.2) is 5.78 Å². The minimum atomic E-state index is -1.29. The smallest absolute Gasteiger partial charge is 0.431 e. The van der Waals surface area contributed by atoms with E-state index in [-0.39, 0.29) is 16.7 Å². The Morgan fingerprint density at radius 3 is 2.43 bits per heavy atom. The number of nitrogens with one attached hydrogen (secondary N) is 1. The maximum absolute atomic E-state index is 13.0. The summed E-state index contributed by atoms with van der Waals surface area (Å²) in [5.74, 6) is -2.64. The molecule has 1 N–H and O–H groups in total. The van der Waals surface area contributed by atoms with Crippen molar-refractivity contribution in [3.05, 3.63) is 11.3 Å². The Morgan fingerprint density at radius 1 is 1.17 bits per heavy atom. The summed E-state index contributed by atoms with van der Waals surface area (Å²) in [6.07, 6.45) is -2.73. The largest absolute Gasteiger partial charge is 0.511 e. The molecule has 0 radical (unpaired) electrons. The number of esters is 1. The van der Waals surface area contributed by atoms with Crippen LogP contribution in [0.25, 0.3) is 0 Å². The molecule has 194 valence electrons. The van der Waals surface area contributed by atoms with Crippen LogP contribution in [0.5, 0.6) is 0 Å². The lowest BCUT2D eigenvalue weighted by atomic mass is 10.0. The Kier molecular flexibility index (Phi) is 10.8. The standard InChI is InChI=1S/C20H26IN3O10S/c1-9(2)32-20(29)34-10(3)33-19(28)15-11(7-30-4)8-35-18-14(17(27)24(15)18)22-16(26)13(23-31-5)12(25)6-21/h9-10,14,18H,6-8H2,1-5H3,(H,22,26)/t10?,14?,18-/m0/s1. The Labute approximate surface area is 219 Å². The maximum Gasteiger partial charge on any atom is 0.511 e. The quantitative estimate of drug-likeness (QED) is 0.0504. The Bertz CT molecular complexity index is 938. The molecule has 0 aromatic carbocycles. The van der Waals surface area contributed by atoms with Crippen molar-refractivity contribution in [1.82, 2.24) is 10.2 Å². The number of hydrogen-bond donors (Lipinski definition) is 1.